The molecular weight excluding hydrogens is 449 g/mol. The molecule has 0 aromatic carbocycles. The number of ether oxygens (including phenoxy) is 1. The van der Waals surface area contributed by atoms with Gasteiger partial charge in [0, 0.05) is 13.3 Å². The van der Waals surface area contributed by atoms with Crippen molar-refractivity contribution in [1.82, 2.24) is 0 Å². The van der Waals surface area contributed by atoms with Crippen LogP contribution in [-0.2, 0) is 18.6 Å². The van der Waals surface area contributed by atoms with E-state index in [0.717, 1.165) is 23.9 Å². The summed E-state index contributed by atoms with van der Waals surface area (Å²) in [4.78, 5) is 21.5. The van der Waals surface area contributed by atoms with Gasteiger partial charge in [0.2, 0.25) is 0 Å². The molecule has 2 unspecified atom stereocenters. The zero-order valence-corrected chi connectivity index (χ0v) is 24.1. The van der Waals surface area contributed by atoms with Crippen LogP contribution in [-0.4, -0.2) is 61.9 Å². The molecule has 0 heterocycles. The molecule has 0 aliphatic carbocycles. The quantitative estimate of drug-likeness (QED) is 0.0636. The van der Waals surface area contributed by atoms with Gasteiger partial charge < -0.3 is 18.6 Å². The Balaban J connectivity index is 3.81. The second-order valence-electron chi connectivity index (χ2n) is 11.0. The molecule has 0 aromatic heterocycles. The Hall–Kier alpha value is -0.420. The van der Waals surface area contributed by atoms with Crippen molar-refractivity contribution in [2.75, 3.05) is 40.5 Å². The Morgan fingerprint density at radius 1 is 0.794 bits per heavy atom. The number of nitrogens with zero attached hydrogens (tertiary/aromatic N) is 1. The van der Waals surface area contributed by atoms with Crippen molar-refractivity contribution in [1.29, 1.82) is 0 Å². The summed E-state index contributed by atoms with van der Waals surface area (Å²) in [6, 6.07) is 0. The van der Waals surface area contributed by atoms with Gasteiger partial charge in [-0.1, -0.05) is 96.8 Å². The average molecular weight is 507 g/mol. The maximum Gasteiger partial charge on any atom is 0.328 e. The Labute approximate surface area is 211 Å². The second kappa shape index (κ2) is 20.7. The van der Waals surface area contributed by atoms with Crippen LogP contribution in [0.25, 0.3) is 0 Å². The van der Waals surface area contributed by atoms with E-state index in [0.29, 0.717) is 12.8 Å². The number of carbonyl (C=O) groups is 1. The lowest BCUT2D eigenvalue weighted by atomic mass is 10.0. The summed E-state index contributed by atoms with van der Waals surface area (Å²) in [6.07, 6.45) is 20.6. The highest BCUT2D eigenvalue weighted by Gasteiger charge is 2.24. The summed E-state index contributed by atoms with van der Waals surface area (Å²) in [7, 11) is 2.51. The topological polar surface area (TPSA) is 72.8 Å². The summed E-state index contributed by atoms with van der Waals surface area (Å²) >= 11 is 0. The summed E-state index contributed by atoms with van der Waals surface area (Å²) < 4.78 is 23.7. The fourth-order valence-corrected chi connectivity index (χ4v) is 5.23. The lowest BCUT2D eigenvalue weighted by molar-refractivity contribution is -0.870. The third-order valence-corrected chi connectivity index (χ3v) is 7.63. The van der Waals surface area contributed by atoms with Crippen molar-refractivity contribution in [2.45, 2.75) is 129 Å². The van der Waals surface area contributed by atoms with Crippen LogP contribution in [0.1, 0.15) is 123 Å². The fraction of sp³-hybridized carbons (Fsp3) is 0.963. The summed E-state index contributed by atoms with van der Waals surface area (Å²) in [5.41, 5.74) is 0. The second-order valence-corrected chi connectivity index (χ2v) is 13.0. The van der Waals surface area contributed by atoms with Gasteiger partial charge in [0.25, 0.3) is 0 Å². The lowest BCUT2D eigenvalue weighted by Gasteiger charge is -2.24. The van der Waals surface area contributed by atoms with Crippen LogP contribution in [0, 0.1) is 0 Å². The molecule has 204 valence electrons. The van der Waals surface area contributed by atoms with Gasteiger partial charge in [-0.15, -0.1) is 0 Å². The van der Waals surface area contributed by atoms with E-state index < -0.39 is 13.7 Å². The first-order valence-corrected chi connectivity index (χ1v) is 15.8. The van der Waals surface area contributed by atoms with Crippen molar-refractivity contribution in [2.24, 2.45) is 0 Å². The Bertz CT molecular complexity index is 536. The first kappa shape index (κ1) is 33.6. The number of unbranched alkanes of at least 4 members (excludes halogenated alkanes) is 14. The van der Waals surface area contributed by atoms with E-state index >= 15 is 0 Å². The van der Waals surface area contributed by atoms with Crippen LogP contribution in [0.2, 0.25) is 0 Å². The third-order valence-electron chi connectivity index (χ3n) is 6.19. The van der Waals surface area contributed by atoms with Crippen molar-refractivity contribution in [3.05, 3.63) is 0 Å². The molecular formula is C27H57NO5P+. The number of carbonyl (C=O) groups excluding carboxylic acids is 1. The molecule has 0 aromatic rings. The number of hydrogen-bond donors (Lipinski definition) is 1. The monoisotopic (exact) mass is 506 g/mol. The standard InChI is InChI=1S/C27H56NO5P/c1-6-7-8-9-10-11-12-13-14-15-16-17-18-19-20-22-27(33-26(2)29)25-32-34(30,31)24-21-23-28(3,4)5/h27H,6-25H2,1-5H3/p+1. The van der Waals surface area contributed by atoms with Crippen LogP contribution in [0.3, 0.4) is 0 Å². The molecule has 2 atom stereocenters. The van der Waals surface area contributed by atoms with Crippen molar-refractivity contribution in [3.8, 4) is 0 Å². The van der Waals surface area contributed by atoms with Crippen molar-refractivity contribution >= 4 is 13.6 Å². The van der Waals surface area contributed by atoms with Gasteiger partial charge in [0.15, 0.2) is 0 Å². The molecule has 0 saturated carbocycles. The molecule has 0 aliphatic rings. The summed E-state index contributed by atoms with van der Waals surface area (Å²) in [6.45, 7) is 4.44. The van der Waals surface area contributed by atoms with E-state index in [9.17, 15) is 14.3 Å². The van der Waals surface area contributed by atoms with Gasteiger partial charge in [-0.3, -0.25) is 9.36 Å². The molecule has 34 heavy (non-hydrogen) atoms. The molecule has 1 N–H and O–H groups in total. The highest BCUT2D eigenvalue weighted by Crippen LogP contribution is 2.42. The van der Waals surface area contributed by atoms with Crippen LogP contribution < -0.4 is 0 Å². The van der Waals surface area contributed by atoms with Crippen LogP contribution in [0.15, 0.2) is 0 Å². The summed E-state index contributed by atoms with van der Waals surface area (Å²) in [5.74, 6) is -0.368. The van der Waals surface area contributed by atoms with Crippen molar-refractivity contribution in [3.63, 3.8) is 0 Å². The van der Waals surface area contributed by atoms with E-state index in [1.165, 1.54) is 90.4 Å². The van der Waals surface area contributed by atoms with Gasteiger partial charge >= 0.3 is 13.6 Å². The molecule has 6 nitrogen and oxygen atoms in total. The predicted octanol–water partition coefficient (Wildman–Crippen LogP) is 7.48. The SMILES string of the molecule is CCCCCCCCCCCCCCCCCC(COP(=O)(O)CCC[N+](C)(C)C)OC(C)=O. The number of esters is 1. The van der Waals surface area contributed by atoms with Gasteiger partial charge in [0.1, 0.15) is 6.10 Å². The van der Waals surface area contributed by atoms with Gasteiger partial charge in [-0.2, -0.15) is 0 Å². The van der Waals surface area contributed by atoms with E-state index in [2.05, 4.69) is 28.1 Å². The Morgan fingerprint density at radius 3 is 1.65 bits per heavy atom. The number of quaternary nitrogens is 1. The molecule has 0 saturated heterocycles. The zero-order chi connectivity index (χ0) is 25.7. The van der Waals surface area contributed by atoms with Gasteiger partial charge in [-0.25, -0.2) is 0 Å². The molecule has 0 spiro atoms. The smallest absolute Gasteiger partial charge is 0.328 e. The largest absolute Gasteiger partial charge is 0.460 e. The van der Waals surface area contributed by atoms with E-state index in [-0.39, 0.29) is 18.7 Å². The first-order chi connectivity index (χ1) is 16.1. The predicted molar refractivity (Wildman–Crippen MR) is 143 cm³/mol. The zero-order valence-electron chi connectivity index (χ0n) is 23.2. The van der Waals surface area contributed by atoms with Crippen LogP contribution in [0.5, 0.6) is 0 Å². The van der Waals surface area contributed by atoms with Gasteiger partial charge in [-0.05, 0) is 12.8 Å². The van der Waals surface area contributed by atoms with Crippen LogP contribution in [0.4, 0.5) is 0 Å². The maximum atomic E-state index is 12.3. The van der Waals surface area contributed by atoms with E-state index in [1.807, 2.05) is 0 Å². The molecule has 7 heteroatoms. The molecule has 0 bridgehead atoms. The Kier molecular flexibility index (Phi) is 20.5. The van der Waals surface area contributed by atoms with E-state index in [1.54, 1.807) is 0 Å². The molecule has 0 radical (unpaired) electrons. The van der Waals surface area contributed by atoms with Crippen molar-refractivity contribution < 1.29 is 28.0 Å². The maximum absolute atomic E-state index is 12.3. The lowest BCUT2D eigenvalue weighted by Crippen LogP contribution is -2.35. The molecule has 0 aliphatic heterocycles. The minimum Gasteiger partial charge on any atom is -0.460 e. The highest BCUT2D eigenvalue weighted by atomic mass is 31.2. The summed E-state index contributed by atoms with van der Waals surface area (Å²) in [5, 5.41) is 0. The minimum atomic E-state index is -3.65. The van der Waals surface area contributed by atoms with Gasteiger partial charge in [0.05, 0.1) is 40.5 Å². The van der Waals surface area contributed by atoms with Crippen LogP contribution >= 0.6 is 7.60 Å². The van der Waals surface area contributed by atoms with E-state index in [4.69, 9.17) is 9.26 Å². The minimum absolute atomic E-state index is 0.00363. The first-order valence-electron chi connectivity index (χ1n) is 14.0. The third kappa shape index (κ3) is 24.7. The Morgan fingerprint density at radius 2 is 1.24 bits per heavy atom. The fourth-order valence-electron chi connectivity index (χ4n) is 4.16. The average Bonchev–Trinajstić information content (AvgIpc) is 2.73. The normalized spacial score (nSPS) is 14.6. The molecule has 0 fully saturated rings. The highest BCUT2D eigenvalue weighted by molar-refractivity contribution is 7.52. The number of hydrogen-bond acceptors (Lipinski definition) is 4. The number of rotatable bonds is 24. The molecule has 0 amide bonds. The molecule has 0 rings (SSSR count).